The van der Waals surface area contributed by atoms with Crippen molar-refractivity contribution in [2.24, 2.45) is 0 Å². The number of allylic oxidation sites excluding steroid dienone is 16. The molecule has 5 heteroatoms. The van der Waals surface area contributed by atoms with Gasteiger partial charge in [-0.3, -0.25) is 9.59 Å². The second-order valence-electron chi connectivity index (χ2n) is 20.9. The molecule has 0 bridgehead atoms. The topological polar surface area (TPSA) is 61.8 Å². The van der Waals surface area contributed by atoms with Gasteiger partial charge in [-0.2, -0.15) is 0 Å². The van der Waals surface area contributed by atoms with Crippen LogP contribution in [0.2, 0.25) is 0 Å². The van der Waals surface area contributed by atoms with E-state index in [0.717, 1.165) is 103 Å². The first-order valence-electron chi connectivity index (χ1n) is 31.8. The van der Waals surface area contributed by atoms with Crippen LogP contribution in [0.15, 0.2) is 97.2 Å². The van der Waals surface area contributed by atoms with Crippen molar-refractivity contribution in [1.82, 2.24) is 0 Å². The number of ether oxygens (including phenoxy) is 3. The predicted octanol–water partition coefficient (Wildman–Crippen LogP) is 22.1. The van der Waals surface area contributed by atoms with Gasteiger partial charge in [-0.1, -0.05) is 285 Å². The smallest absolute Gasteiger partial charge is 0.306 e. The maximum atomic E-state index is 12.9. The van der Waals surface area contributed by atoms with Crippen molar-refractivity contribution < 1.29 is 23.8 Å². The molecule has 0 aromatic carbocycles. The molecule has 1 unspecified atom stereocenters. The van der Waals surface area contributed by atoms with E-state index < -0.39 is 6.10 Å². The lowest BCUT2D eigenvalue weighted by Crippen LogP contribution is -2.30. The minimum Gasteiger partial charge on any atom is -0.462 e. The summed E-state index contributed by atoms with van der Waals surface area (Å²) in [5, 5.41) is 0. The average molecular weight is 1030 g/mol. The fourth-order valence-corrected chi connectivity index (χ4v) is 8.90. The Balaban J connectivity index is 4.35. The monoisotopic (exact) mass is 1030 g/mol. The summed E-state index contributed by atoms with van der Waals surface area (Å²) in [6.07, 6.45) is 87.3. The molecule has 0 N–H and O–H groups in total. The van der Waals surface area contributed by atoms with Crippen LogP contribution in [0.1, 0.15) is 303 Å². The van der Waals surface area contributed by atoms with Crippen molar-refractivity contribution in [3.8, 4) is 0 Å². The van der Waals surface area contributed by atoms with Gasteiger partial charge >= 0.3 is 11.9 Å². The van der Waals surface area contributed by atoms with Crippen molar-refractivity contribution in [1.29, 1.82) is 0 Å². The zero-order valence-corrected chi connectivity index (χ0v) is 49.1. The van der Waals surface area contributed by atoms with E-state index in [-0.39, 0.29) is 25.2 Å². The molecule has 0 radical (unpaired) electrons. The third-order valence-corrected chi connectivity index (χ3v) is 13.6. The number of carbonyl (C=O) groups is 2. The lowest BCUT2D eigenvalue weighted by molar-refractivity contribution is -0.163. The van der Waals surface area contributed by atoms with Crippen LogP contribution in [-0.4, -0.2) is 37.9 Å². The Kier molecular flexibility index (Phi) is 61.4. The van der Waals surface area contributed by atoms with Crippen LogP contribution in [0.4, 0.5) is 0 Å². The van der Waals surface area contributed by atoms with E-state index in [9.17, 15) is 9.59 Å². The van der Waals surface area contributed by atoms with E-state index in [1.54, 1.807) is 0 Å². The minimum atomic E-state index is -0.561. The highest BCUT2D eigenvalue weighted by Crippen LogP contribution is 2.16. The van der Waals surface area contributed by atoms with Crippen molar-refractivity contribution in [2.45, 2.75) is 309 Å². The van der Waals surface area contributed by atoms with Gasteiger partial charge in [-0.25, -0.2) is 0 Å². The molecule has 0 fully saturated rings. The zero-order valence-electron chi connectivity index (χ0n) is 49.1. The molecule has 0 spiro atoms. The number of hydrogen-bond donors (Lipinski definition) is 0. The van der Waals surface area contributed by atoms with Crippen LogP contribution in [0, 0.1) is 0 Å². The van der Waals surface area contributed by atoms with Crippen LogP contribution < -0.4 is 0 Å². The fourth-order valence-electron chi connectivity index (χ4n) is 8.90. The highest BCUT2D eigenvalue weighted by molar-refractivity contribution is 5.70. The molecule has 74 heavy (non-hydrogen) atoms. The fraction of sp³-hybridized carbons (Fsp3) is 0.739. The van der Waals surface area contributed by atoms with E-state index in [1.807, 2.05) is 0 Å². The number of rotatable bonds is 58. The van der Waals surface area contributed by atoms with E-state index in [4.69, 9.17) is 14.2 Å². The highest BCUT2D eigenvalue weighted by Gasteiger charge is 2.17. The Morgan fingerprint density at radius 3 is 1.00 bits per heavy atom. The van der Waals surface area contributed by atoms with Gasteiger partial charge in [0.15, 0.2) is 6.10 Å². The van der Waals surface area contributed by atoms with Gasteiger partial charge < -0.3 is 14.2 Å². The van der Waals surface area contributed by atoms with Gasteiger partial charge in [0, 0.05) is 19.4 Å². The molecular formula is C69H120O5. The Bertz CT molecular complexity index is 1400. The molecular weight excluding hydrogens is 909 g/mol. The van der Waals surface area contributed by atoms with Gasteiger partial charge in [0.05, 0.1) is 6.61 Å². The molecule has 0 rings (SSSR count). The normalized spacial score (nSPS) is 12.9. The third-order valence-electron chi connectivity index (χ3n) is 13.6. The molecule has 0 aliphatic carbocycles. The lowest BCUT2D eigenvalue weighted by atomic mass is 10.0. The summed E-state index contributed by atoms with van der Waals surface area (Å²) in [5.74, 6) is -0.417. The summed E-state index contributed by atoms with van der Waals surface area (Å²) in [6.45, 7) is 7.66. The molecule has 0 aromatic heterocycles. The largest absolute Gasteiger partial charge is 0.462 e. The van der Waals surface area contributed by atoms with Crippen LogP contribution in [0.5, 0.6) is 0 Å². The van der Waals surface area contributed by atoms with Crippen LogP contribution in [0.25, 0.3) is 0 Å². The van der Waals surface area contributed by atoms with Crippen molar-refractivity contribution in [2.75, 3.05) is 19.8 Å². The van der Waals surface area contributed by atoms with Gasteiger partial charge in [0.2, 0.25) is 0 Å². The standard InChI is InChI=1S/C69H120O5/c1-4-7-10-13-16-19-22-25-28-31-34-37-40-43-46-49-52-55-58-61-64-72-65-67(74-69(71)63-60-57-54-51-48-45-42-39-36-33-30-27-24-21-18-15-12-9-6-3)66-73-68(70)62-59-56-53-50-47-44-41-38-35-32-29-26-23-20-17-14-11-8-5-2/h7,10,16-17,19-20,25-26,28-29,34-35,37-38,43,46,67H,4-6,8-9,11-15,18,21-24,27,30-33,36,39-42,44-45,47-66H2,1-3H3/b10-7-,19-16-,20-17-,28-25-,29-26-,37-34-,38-35-,46-43-. The summed E-state index contributed by atoms with van der Waals surface area (Å²) in [7, 11) is 0. The second-order valence-corrected chi connectivity index (χ2v) is 20.9. The zero-order chi connectivity index (χ0) is 53.4. The Morgan fingerprint density at radius 1 is 0.311 bits per heavy atom. The molecule has 5 nitrogen and oxygen atoms in total. The number of hydrogen-bond acceptors (Lipinski definition) is 5. The molecule has 426 valence electrons. The molecule has 0 saturated heterocycles. The molecule has 0 aliphatic heterocycles. The van der Waals surface area contributed by atoms with E-state index in [0.29, 0.717) is 19.4 Å². The first-order valence-corrected chi connectivity index (χ1v) is 31.8. The maximum absolute atomic E-state index is 12.9. The van der Waals surface area contributed by atoms with E-state index in [2.05, 4.69) is 118 Å². The van der Waals surface area contributed by atoms with E-state index >= 15 is 0 Å². The summed E-state index contributed by atoms with van der Waals surface area (Å²) in [6, 6.07) is 0. The quantitative estimate of drug-likeness (QED) is 0.0345. The first kappa shape index (κ1) is 70.8. The lowest BCUT2D eigenvalue weighted by Gasteiger charge is -2.18. The number of esters is 2. The molecule has 0 aliphatic rings. The van der Waals surface area contributed by atoms with Gasteiger partial charge in [-0.05, 0) is 103 Å². The number of unbranched alkanes of at least 4 members (excludes halogenated alkanes) is 31. The summed E-state index contributed by atoms with van der Waals surface area (Å²) in [5.41, 5.74) is 0. The minimum absolute atomic E-state index is 0.0660. The highest BCUT2D eigenvalue weighted by atomic mass is 16.6. The Hall–Kier alpha value is -3.18. The second kappa shape index (κ2) is 64.1. The predicted molar refractivity (Wildman–Crippen MR) is 325 cm³/mol. The van der Waals surface area contributed by atoms with Crippen molar-refractivity contribution in [3.05, 3.63) is 97.2 Å². The van der Waals surface area contributed by atoms with Crippen molar-refractivity contribution in [3.63, 3.8) is 0 Å². The Labute approximate surface area is 460 Å². The molecule has 0 aromatic rings. The van der Waals surface area contributed by atoms with Gasteiger partial charge in [-0.15, -0.1) is 0 Å². The molecule has 0 amide bonds. The van der Waals surface area contributed by atoms with Crippen molar-refractivity contribution >= 4 is 11.9 Å². The van der Waals surface area contributed by atoms with Crippen LogP contribution >= 0.6 is 0 Å². The van der Waals surface area contributed by atoms with Crippen LogP contribution in [-0.2, 0) is 23.8 Å². The molecule has 0 saturated carbocycles. The SMILES string of the molecule is CC/C=C\C/C=C\C/C=C\C/C=C\C/C=C\CCCCCCOCC(COC(=O)CCCCCCCC/C=C\C/C=C\C/C=C\CCCCC)OC(=O)CCCCCCCCCCCCCCCCCCCCC. The maximum Gasteiger partial charge on any atom is 0.306 e. The average Bonchev–Trinajstić information content (AvgIpc) is 3.40. The molecule has 0 heterocycles. The third kappa shape index (κ3) is 61.4. The Morgan fingerprint density at radius 2 is 0.608 bits per heavy atom. The summed E-state index contributed by atoms with van der Waals surface area (Å²) < 4.78 is 17.5. The van der Waals surface area contributed by atoms with Gasteiger partial charge in [0.25, 0.3) is 0 Å². The van der Waals surface area contributed by atoms with Crippen LogP contribution in [0.3, 0.4) is 0 Å². The number of carbonyl (C=O) groups excluding carboxylic acids is 2. The molecule has 1 atom stereocenters. The summed E-state index contributed by atoms with van der Waals surface area (Å²) in [4.78, 5) is 25.6. The summed E-state index contributed by atoms with van der Waals surface area (Å²) >= 11 is 0. The van der Waals surface area contributed by atoms with E-state index in [1.165, 1.54) is 167 Å². The van der Waals surface area contributed by atoms with Gasteiger partial charge in [0.1, 0.15) is 6.61 Å². The first-order chi connectivity index (χ1) is 36.6.